The Morgan fingerprint density at radius 2 is 1.89 bits per heavy atom. The normalized spacial score (nSPS) is 14.2. The highest BCUT2D eigenvalue weighted by Crippen LogP contribution is 2.36. The zero-order valence-electron chi connectivity index (χ0n) is 10.8. The lowest BCUT2D eigenvalue weighted by atomic mass is 10.2. The van der Waals surface area contributed by atoms with Gasteiger partial charge >= 0.3 is 0 Å². The van der Waals surface area contributed by atoms with Crippen molar-refractivity contribution >= 4 is 21.2 Å². The molecular weight excluding hydrogens is 268 g/mol. The number of nitrogen functional groups attached to an aromatic ring is 1. The predicted molar refractivity (Wildman–Crippen MR) is 74.7 cm³/mol. The fraction of sp³-hybridized carbons (Fsp3) is 0.500. The Hall–Kier alpha value is -1.63. The van der Waals surface area contributed by atoms with Crippen LogP contribution in [0.3, 0.4) is 0 Å². The standard InChI is InChI=1S/C12H18N2O4S/c1-19(15,16)6-2-3-14-10-8-12-11(7-9(10)13)17-4-5-18-12/h7-8,14H,2-6,13H2,1H3. The van der Waals surface area contributed by atoms with E-state index in [2.05, 4.69) is 5.32 Å². The molecular formula is C12H18N2O4S. The third-order valence-electron chi connectivity index (χ3n) is 2.72. The average molecular weight is 286 g/mol. The molecule has 1 aliphatic heterocycles. The molecule has 2 rings (SSSR count). The first-order valence-electron chi connectivity index (χ1n) is 6.06. The molecule has 3 N–H and O–H groups in total. The number of rotatable bonds is 5. The van der Waals surface area contributed by atoms with Crippen molar-refractivity contribution in [3.8, 4) is 11.5 Å². The first-order valence-corrected chi connectivity index (χ1v) is 8.12. The zero-order chi connectivity index (χ0) is 13.9. The summed E-state index contributed by atoms with van der Waals surface area (Å²) in [5.41, 5.74) is 7.19. The summed E-state index contributed by atoms with van der Waals surface area (Å²) < 4.78 is 32.9. The van der Waals surface area contributed by atoms with Crippen LogP contribution in [0.1, 0.15) is 6.42 Å². The van der Waals surface area contributed by atoms with E-state index in [4.69, 9.17) is 15.2 Å². The third-order valence-corrected chi connectivity index (χ3v) is 3.75. The molecule has 19 heavy (non-hydrogen) atoms. The number of nitrogens with two attached hydrogens (primary N) is 1. The molecule has 0 saturated heterocycles. The third kappa shape index (κ3) is 3.92. The van der Waals surface area contributed by atoms with E-state index >= 15 is 0 Å². The number of nitrogens with one attached hydrogen (secondary N) is 1. The van der Waals surface area contributed by atoms with Crippen LogP contribution >= 0.6 is 0 Å². The van der Waals surface area contributed by atoms with Crippen molar-refractivity contribution in [2.24, 2.45) is 0 Å². The molecule has 7 heteroatoms. The van der Waals surface area contributed by atoms with Gasteiger partial charge in [-0.3, -0.25) is 0 Å². The van der Waals surface area contributed by atoms with Crippen molar-refractivity contribution in [2.75, 3.05) is 42.8 Å². The van der Waals surface area contributed by atoms with Crippen LogP contribution in [0.15, 0.2) is 12.1 Å². The number of ether oxygens (including phenoxy) is 2. The number of fused-ring (bicyclic) bond motifs is 1. The van der Waals surface area contributed by atoms with Gasteiger partial charge in [0.1, 0.15) is 23.1 Å². The number of hydrogen-bond acceptors (Lipinski definition) is 6. The maximum absolute atomic E-state index is 11.0. The van der Waals surface area contributed by atoms with Crippen molar-refractivity contribution < 1.29 is 17.9 Å². The lowest BCUT2D eigenvalue weighted by molar-refractivity contribution is 0.172. The highest BCUT2D eigenvalue weighted by atomic mass is 32.2. The molecule has 0 unspecified atom stereocenters. The van der Waals surface area contributed by atoms with Gasteiger partial charge in [-0.25, -0.2) is 8.42 Å². The Morgan fingerprint density at radius 1 is 1.26 bits per heavy atom. The monoisotopic (exact) mass is 286 g/mol. The fourth-order valence-electron chi connectivity index (χ4n) is 1.82. The van der Waals surface area contributed by atoms with Crippen LogP contribution in [0.25, 0.3) is 0 Å². The fourth-order valence-corrected chi connectivity index (χ4v) is 2.48. The Balaban J connectivity index is 1.97. The number of anilines is 2. The van der Waals surface area contributed by atoms with Crippen LogP contribution in [-0.4, -0.2) is 40.2 Å². The van der Waals surface area contributed by atoms with Gasteiger partial charge in [-0.2, -0.15) is 0 Å². The van der Waals surface area contributed by atoms with E-state index < -0.39 is 9.84 Å². The molecule has 6 nitrogen and oxygen atoms in total. The van der Waals surface area contributed by atoms with E-state index in [0.29, 0.717) is 43.4 Å². The molecule has 1 aliphatic rings. The molecule has 0 fully saturated rings. The van der Waals surface area contributed by atoms with E-state index in [-0.39, 0.29) is 5.75 Å². The molecule has 0 saturated carbocycles. The van der Waals surface area contributed by atoms with Crippen LogP contribution in [0.2, 0.25) is 0 Å². The zero-order valence-corrected chi connectivity index (χ0v) is 11.6. The van der Waals surface area contributed by atoms with Crippen LogP contribution in [0.5, 0.6) is 11.5 Å². The summed E-state index contributed by atoms with van der Waals surface area (Å²) in [5, 5.41) is 3.11. The Kier molecular flexibility index (Phi) is 4.04. The van der Waals surface area contributed by atoms with Crippen molar-refractivity contribution in [1.82, 2.24) is 0 Å². The number of sulfone groups is 1. The summed E-state index contributed by atoms with van der Waals surface area (Å²) in [7, 11) is -2.92. The molecule has 0 atom stereocenters. The Bertz CT molecular complexity index is 557. The molecule has 0 radical (unpaired) electrons. The lowest BCUT2D eigenvalue weighted by Crippen LogP contribution is -2.16. The van der Waals surface area contributed by atoms with Crippen LogP contribution in [0.4, 0.5) is 11.4 Å². The predicted octanol–water partition coefficient (Wildman–Crippen LogP) is 0.887. The van der Waals surface area contributed by atoms with Gasteiger partial charge in [-0.1, -0.05) is 0 Å². The van der Waals surface area contributed by atoms with E-state index in [9.17, 15) is 8.42 Å². The van der Waals surface area contributed by atoms with Gasteiger partial charge < -0.3 is 20.5 Å². The molecule has 0 aromatic heterocycles. The summed E-state index contributed by atoms with van der Waals surface area (Å²) >= 11 is 0. The smallest absolute Gasteiger partial charge is 0.163 e. The number of benzene rings is 1. The quantitative estimate of drug-likeness (QED) is 0.617. The lowest BCUT2D eigenvalue weighted by Gasteiger charge is -2.20. The largest absolute Gasteiger partial charge is 0.486 e. The van der Waals surface area contributed by atoms with Gasteiger partial charge in [-0.15, -0.1) is 0 Å². The maximum Gasteiger partial charge on any atom is 0.163 e. The van der Waals surface area contributed by atoms with Crippen molar-refractivity contribution in [1.29, 1.82) is 0 Å². The van der Waals surface area contributed by atoms with Gasteiger partial charge in [0.05, 0.1) is 17.1 Å². The van der Waals surface area contributed by atoms with Gasteiger partial charge in [0, 0.05) is 24.9 Å². The topological polar surface area (TPSA) is 90.7 Å². The van der Waals surface area contributed by atoms with E-state index in [1.165, 1.54) is 6.26 Å². The molecule has 1 aromatic carbocycles. The van der Waals surface area contributed by atoms with Gasteiger partial charge in [0.25, 0.3) is 0 Å². The Labute approximate surface area is 112 Å². The molecule has 0 spiro atoms. The van der Waals surface area contributed by atoms with E-state index in [1.54, 1.807) is 12.1 Å². The van der Waals surface area contributed by atoms with Crippen LogP contribution in [-0.2, 0) is 9.84 Å². The minimum absolute atomic E-state index is 0.157. The second-order valence-electron chi connectivity index (χ2n) is 4.49. The van der Waals surface area contributed by atoms with Gasteiger partial charge in [-0.05, 0) is 6.42 Å². The van der Waals surface area contributed by atoms with Crippen LogP contribution in [0, 0.1) is 0 Å². The summed E-state index contributed by atoms with van der Waals surface area (Å²) in [6, 6.07) is 3.50. The summed E-state index contributed by atoms with van der Waals surface area (Å²) in [5.74, 6) is 1.46. The molecule has 0 bridgehead atoms. The Morgan fingerprint density at radius 3 is 2.53 bits per heavy atom. The maximum atomic E-state index is 11.0. The number of hydrogen-bond donors (Lipinski definition) is 2. The van der Waals surface area contributed by atoms with Crippen molar-refractivity contribution in [3.05, 3.63) is 12.1 Å². The molecule has 106 valence electrons. The highest BCUT2D eigenvalue weighted by molar-refractivity contribution is 7.90. The van der Waals surface area contributed by atoms with Gasteiger partial charge in [0.2, 0.25) is 0 Å². The molecule has 1 aromatic rings. The minimum Gasteiger partial charge on any atom is -0.486 e. The molecule has 1 heterocycles. The van der Waals surface area contributed by atoms with Gasteiger partial charge in [0.15, 0.2) is 11.5 Å². The first kappa shape index (κ1) is 13.8. The summed E-state index contributed by atoms with van der Waals surface area (Å²) in [6.45, 7) is 1.58. The van der Waals surface area contributed by atoms with E-state index in [0.717, 1.165) is 5.69 Å². The SMILES string of the molecule is CS(=O)(=O)CCCNc1cc2c(cc1N)OCCO2. The minimum atomic E-state index is -2.92. The average Bonchev–Trinajstić information content (AvgIpc) is 2.33. The first-order chi connectivity index (χ1) is 8.96. The van der Waals surface area contributed by atoms with Crippen molar-refractivity contribution in [3.63, 3.8) is 0 Å². The van der Waals surface area contributed by atoms with E-state index in [1.807, 2.05) is 0 Å². The van der Waals surface area contributed by atoms with Crippen LogP contribution < -0.4 is 20.5 Å². The second kappa shape index (κ2) is 5.56. The van der Waals surface area contributed by atoms with Crippen molar-refractivity contribution in [2.45, 2.75) is 6.42 Å². The summed E-state index contributed by atoms with van der Waals surface area (Å²) in [4.78, 5) is 0. The summed E-state index contributed by atoms with van der Waals surface area (Å²) in [6.07, 6.45) is 1.76. The highest BCUT2D eigenvalue weighted by Gasteiger charge is 2.14. The molecule has 0 aliphatic carbocycles. The second-order valence-corrected chi connectivity index (χ2v) is 6.75. The molecule has 0 amide bonds.